The third kappa shape index (κ3) is 3.04. The smallest absolute Gasteiger partial charge is 0.156 e. The molecular formula is C11H16O. The lowest BCUT2D eigenvalue weighted by atomic mass is 9.97. The third-order valence-corrected chi connectivity index (χ3v) is 2.17. The molecule has 0 bridgehead atoms. The second-order valence-electron chi connectivity index (χ2n) is 3.32. The van der Waals surface area contributed by atoms with Crippen molar-refractivity contribution in [2.24, 2.45) is 5.92 Å². The predicted octanol–water partition coefficient (Wildman–Crippen LogP) is 2.88. The van der Waals surface area contributed by atoms with Gasteiger partial charge in [0.2, 0.25) is 0 Å². The predicted molar refractivity (Wildman–Crippen MR) is 50.9 cm³/mol. The largest absolute Gasteiger partial charge is 0.295 e. The van der Waals surface area contributed by atoms with E-state index in [9.17, 15) is 4.79 Å². The van der Waals surface area contributed by atoms with E-state index in [2.05, 4.69) is 13.0 Å². The molecule has 0 fully saturated rings. The summed E-state index contributed by atoms with van der Waals surface area (Å²) in [5.74, 6) is 0.744. The maximum absolute atomic E-state index is 11.1. The van der Waals surface area contributed by atoms with Crippen LogP contribution in [0.15, 0.2) is 24.3 Å². The lowest BCUT2D eigenvalue weighted by Crippen LogP contribution is -2.02. The average Bonchev–Trinajstić information content (AvgIpc) is 2.26. The van der Waals surface area contributed by atoms with Gasteiger partial charge in [-0.25, -0.2) is 0 Å². The summed E-state index contributed by atoms with van der Waals surface area (Å²) in [6.07, 6.45) is 11.9. The molecule has 0 unspecified atom stereocenters. The van der Waals surface area contributed by atoms with E-state index in [0.717, 1.165) is 6.42 Å². The van der Waals surface area contributed by atoms with Gasteiger partial charge < -0.3 is 0 Å². The van der Waals surface area contributed by atoms with Gasteiger partial charge in [-0.05, 0) is 18.4 Å². The van der Waals surface area contributed by atoms with Crippen molar-refractivity contribution in [3.63, 3.8) is 0 Å². The molecule has 0 N–H and O–H groups in total. The molecule has 66 valence electrons. The Hall–Kier alpha value is -0.850. The molecule has 0 amide bonds. The Bertz CT molecular complexity index is 201. The second kappa shape index (κ2) is 4.91. The van der Waals surface area contributed by atoms with Crippen LogP contribution < -0.4 is 0 Å². The average molecular weight is 164 g/mol. The first-order valence-electron chi connectivity index (χ1n) is 4.70. The molecule has 1 aliphatic rings. The molecule has 0 aliphatic heterocycles. The summed E-state index contributed by atoms with van der Waals surface area (Å²) in [7, 11) is 0. The molecule has 0 saturated carbocycles. The highest BCUT2D eigenvalue weighted by Crippen LogP contribution is 2.17. The van der Waals surface area contributed by atoms with Crippen LogP contribution in [-0.4, -0.2) is 5.78 Å². The number of allylic oxidation sites excluding steroid dienone is 4. The highest BCUT2D eigenvalue weighted by molar-refractivity contribution is 5.90. The molecule has 0 heterocycles. The lowest BCUT2D eigenvalue weighted by Gasteiger charge is -2.07. The topological polar surface area (TPSA) is 17.1 Å². The van der Waals surface area contributed by atoms with Gasteiger partial charge in [0.1, 0.15) is 0 Å². The van der Waals surface area contributed by atoms with Gasteiger partial charge in [-0.3, -0.25) is 4.79 Å². The van der Waals surface area contributed by atoms with Gasteiger partial charge in [-0.15, -0.1) is 0 Å². The van der Waals surface area contributed by atoms with Crippen LogP contribution in [0.25, 0.3) is 0 Å². The number of carbonyl (C=O) groups is 1. The molecule has 0 spiro atoms. The van der Waals surface area contributed by atoms with Crippen molar-refractivity contribution in [3.8, 4) is 0 Å². The Kier molecular flexibility index (Phi) is 3.78. The van der Waals surface area contributed by atoms with Gasteiger partial charge in [0.25, 0.3) is 0 Å². The number of hydrogen-bond donors (Lipinski definition) is 0. The van der Waals surface area contributed by atoms with E-state index >= 15 is 0 Å². The van der Waals surface area contributed by atoms with Crippen molar-refractivity contribution in [2.75, 3.05) is 0 Å². The SMILES string of the molecule is CCCC[C@H]1C=CC=CC(=O)C1. The van der Waals surface area contributed by atoms with Crippen molar-refractivity contribution in [3.05, 3.63) is 24.3 Å². The van der Waals surface area contributed by atoms with Gasteiger partial charge in [-0.2, -0.15) is 0 Å². The standard InChI is InChI=1S/C11H16O/c1-2-3-6-10-7-4-5-8-11(12)9-10/h4-5,7-8,10H,2-3,6,9H2,1H3/t10-/m0/s1. The van der Waals surface area contributed by atoms with Crippen LogP contribution >= 0.6 is 0 Å². The molecule has 1 nitrogen and oxygen atoms in total. The van der Waals surface area contributed by atoms with E-state index in [-0.39, 0.29) is 5.78 Å². The van der Waals surface area contributed by atoms with Gasteiger partial charge in [0.05, 0.1) is 0 Å². The van der Waals surface area contributed by atoms with Crippen molar-refractivity contribution in [2.45, 2.75) is 32.6 Å². The van der Waals surface area contributed by atoms with E-state index in [4.69, 9.17) is 0 Å². The van der Waals surface area contributed by atoms with E-state index in [0.29, 0.717) is 12.3 Å². The minimum atomic E-state index is 0.265. The molecule has 1 atom stereocenters. The van der Waals surface area contributed by atoms with Crippen LogP contribution in [0.3, 0.4) is 0 Å². The molecule has 1 aliphatic carbocycles. The highest BCUT2D eigenvalue weighted by Gasteiger charge is 2.09. The van der Waals surface area contributed by atoms with Crippen LogP contribution in [0.4, 0.5) is 0 Å². The summed E-state index contributed by atoms with van der Waals surface area (Å²) in [5.41, 5.74) is 0. The zero-order valence-electron chi connectivity index (χ0n) is 7.62. The van der Waals surface area contributed by atoms with E-state index < -0.39 is 0 Å². The normalized spacial score (nSPS) is 22.8. The van der Waals surface area contributed by atoms with Crippen LogP contribution in [0.1, 0.15) is 32.6 Å². The summed E-state index contributed by atoms with van der Waals surface area (Å²) in [6.45, 7) is 2.18. The molecule has 0 radical (unpaired) electrons. The first-order chi connectivity index (χ1) is 5.83. The second-order valence-corrected chi connectivity index (χ2v) is 3.32. The molecule has 0 saturated heterocycles. The van der Waals surface area contributed by atoms with Crippen LogP contribution in [0.5, 0.6) is 0 Å². The monoisotopic (exact) mass is 164 g/mol. The third-order valence-electron chi connectivity index (χ3n) is 2.17. The fraction of sp³-hybridized carbons (Fsp3) is 0.545. The highest BCUT2D eigenvalue weighted by atomic mass is 16.1. The Balaban J connectivity index is 2.39. The lowest BCUT2D eigenvalue weighted by molar-refractivity contribution is -0.115. The molecule has 1 heteroatoms. The summed E-state index contributed by atoms with van der Waals surface area (Å²) >= 11 is 0. The van der Waals surface area contributed by atoms with E-state index in [1.54, 1.807) is 6.08 Å². The Labute approximate surface area is 74.2 Å². The number of unbranched alkanes of at least 4 members (excludes halogenated alkanes) is 1. The molecular weight excluding hydrogens is 148 g/mol. The summed E-state index contributed by atoms with van der Waals surface area (Å²) < 4.78 is 0. The Morgan fingerprint density at radius 3 is 3.08 bits per heavy atom. The van der Waals surface area contributed by atoms with E-state index in [1.807, 2.05) is 12.2 Å². The van der Waals surface area contributed by atoms with Crippen LogP contribution in [0.2, 0.25) is 0 Å². The molecule has 0 aromatic rings. The molecule has 0 aromatic carbocycles. The van der Waals surface area contributed by atoms with Crippen LogP contribution in [-0.2, 0) is 4.79 Å². The van der Waals surface area contributed by atoms with Gasteiger partial charge in [-0.1, -0.05) is 38.0 Å². The van der Waals surface area contributed by atoms with Crippen molar-refractivity contribution < 1.29 is 4.79 Å². The molecule has 12 heavy (non-hydrogen) atoms. The van der Waals surface area contributed by atoms with Gasteiger partial charge >= 0.3 is 0 Å². The Morgan fingerprint density at radius 2 is 2.33 bits per heavy atom. The molecule has 0 aromatic heterocycles. The number of rotatable bonds is 3. The van der Waals surface area contributed by atoms with Crippen molar-refractivity contribution >= 4 is 5.78 Å². The maximum Gasteiger partial charge on any atom is 0.156 e. The van der Waals surface area contributed by atoms with Gasteiger partial charge in [0, 0.05) is 6.42 Å². The van der Waals surface area contributed by atoms with Crippen molar-refractivity contribution in [1.82, 2.24) is 0 Å². The zero-order valence-corrected chi connectivity index (χ0v) is 7.62. The Morgan fingerprint density at radius 1 is 1.50 bits per heavy atom. The minimum Gasteiger partial charge on any atom is -0.295 e. The fourth-order valence-corrected chi connectivity index (χ4v) is 1.44. The fourth-order valence-electron chi connectivity index (χ4n) is 1.44. The maximum atomic E-state index is 11.1. The van der Waals surface area contributed by atoms with E-state index in [1.165, 1.54) is 12.8 Å². The molecule has 1 rings (SSSR count). The number of carbonyl (C=O) groups excluding carboxylic acids is 1. The number of ketones is 1. The summed E-state index contributed by atoms with van der Waals surface area (Å²) in [4.78, 5) is 11.1. The summed E-state index contributed by atoms with van der Waals surface area (Å²) in [6, 6.07) is 0. The summed E-state index contributed by atoms with van der Waals surface area (Å²) in [5, 5.41) is 0. The van der Waals surface area contributed by atoms with Crippen molar-refractivity contribution in [1.29, 1.82) is 0 Å². The quantitative estimate of drug-likeness (QED) is 0.626. The van der Waals surface area contributed by atoms with Crippen LogP contribution in [0, 0.1) is 5.92 Å². The first kappa shape index (κ1) is 9.24. The zero-order chi connectivity index (χ0) is 8.81. The first-order valence-corrected chi connectivity index (χ1v) is 4.70. The minimum absolute atomic E-state index is 0.265. The van der Waals surface area contributed by atoms with Gasteiger partial charge in [0.15, 0.2) is 5.78 Å². The number of hydrogen-bond acceptors (Lipinski definition) is 1.